The number of aryl methyl sites for hydroxylation is 2. The van der Waals surface area contributed by atoms with E-state index in [-0.39, 0.29) is 17.8 Å². The van der Waals surface area contributed by atoms with Crippen LogP contribution in [0.25, 0.3) is 0 Å². The molecule has 0 radical (unpaired) electrons. The highest BCUT2D eigenvalue weighted by Crippen LogP contribution is 2.17. The SMILES string of the molecule is Cc1ccc(NC(=O)c2cccn(Cc3cccc([N+](=O)[O-])c3)c2=O)c(C)c1. The predicted molar refractivity (Wildman–Crippen MR) is 107 cm³/mol. The molecule has 1 aromatic heterocycles. The number of benzene rings is 2. The summed E-state index contributed by atoms with van der Waals surface area (Å²) in [5.74, 6) is -0.495. The van der Waals surface area contributed by atoms with Crippen LogP contribution in [-0.2, 0) is 6.54 Å². The second kappa shape index (κ2) is 7.87. The maximum absolute atomic E-state index is 12.7. The lowest BCUT2D eigenvalue weighted by Crippen LogP contribution is -2.29. The van der Waals surface area contributed by atoms with Crippen LogP contribution in [0.4, 0.5) is 11.4 Å². The Bertz CT molecular complexity index is 1120. The van der Waals surface area contributed by atoms with Gasteiger partial charge < -0.3 is 9.88 Å². The second-order valence-corrected chi connectivity index (χ2v) is 6.55. The molecule has 3 aromatic rings. The lowest BCUT2D eigenvalue weighted by atomic mass is 10.1. The van der Waals surface area contributed by atoms with Gasteiger partial charge in [-0.1, -0.05) is 29.8 Å². The molecule has 28 heavy (non-hydrogen) atoms. The third-order valence-electron chi connectivity index (χ3n) is 4.37. The topological polar surface area (TPSA) is 94.2 Å². The predicted octanol–water partition coefficient (Wildman–Crippen LogP) is 3.67. The summed E-state index contributed by atoms with van der Waals surface area (Å²) in [4.78, 5) is 35.8. The first-order chi connectivity index (χ1) is 13.3. The maximum atomic E-state index is 12.7. The molecule has 0 aliphatic carbocycles. The molecule has 0 aliphatic rings. The molecule has 0 spiro atoms. The fourth-order valence-electron chi connectivity index (χ4n) is 2.94. The van der Waals surface area contributed by atoms with Gasteiger partial charge in [0.05, 0.1) is 11.5 Å². The maximum Gasteiger partial charge on any atom is 0.269 e. The van der Waals surface area contributed by atoms with Gasteiger partial charge in [-0.2, -0.15) is 0 Å². The van der Waals surface area contributed by atoms with Crippen molar-refractivity contribution in [1.29, 1.82) is 0 Å². The average molecular weight is 377 g/mol. The van der Waals surface area contributed by atoms with Crippen molar-refractivity contribution in [2.45, 2.75) is 20.4 Å². The van der Waals surface area contributed by atoms with Crippen LogP contribution in [0.5, 0.6) is 0 Å². The van der Waals surface area contributed by atoms with Crippen molar-refractivity contribution >= 4 is 17.3 Å². The molecule has 7 nitrogen and oxygen atoms in total. The Morgan fingerprint density at radius 1 is 1.11 bits per heavy atom. The third-order valence-corrected chi connectivity index (χ3v) is 4.37. The number of carbonyl (C=O) groups is 1. The van der Waals surface area contributed by atoms with Gasteiger partial charge in [-0.3, -0.25) is 19.7 Å². The summed E-state index contributed by atoms with van der Waals surface area (Å²) >= 11 is 0. The van der Waals surface area contributed by atoms with Crippen molar-refractivity contribution in [2.24, 2.45) is 0 Å². The van der Waals surface area contributed by atoms with E-state index in [0.29, 0.717) is 11.3 Å². The van der Waals surface area contributed by atoms with Gasteiger partial charge in [0.1, 0.15) is 5.56 Å². The van der Waals surface area contributed by atoms with E-state index < -0.39 is 16.4 Å². The molecule has 1 amide bonds. The number of nitrogens with zero attached hydrogens (tertiary/aromatic N) is 2. The average Bonchev–Trinajstić information content (AvgIpc) is 2.66. The van der Waals surface area contributed by atoms with E-state index >= 15 is 0 Å². The Kier molecular flexibility index (Phi) is 5.35. The zero-order chi connectivity index (χ0) is 20.3. The monoisotopic (exact) mass is 377 g/mol. The number of nitro groups is 1. The second-order valence-electron chi connectivity index (χ2n) is 6.55. The van der Waals surface area contributed by atoms with E-state index in [0.717, 1.165) is 11.1 Å². The van der Waals surface area contributed by atoms with E-state index in [1.165, 1.54) is 22.8 Å². The molecular formula is C21H19N3O4. The summed E-state index contributed by atoms with van der Waals surface area (Å²) in [6.07, 6.45) is 1.55. The van der Waals surface area contributed by atoms with Crippen molar-refractivity contribution in [2.75, 3.05) is 5.32 Å². The fourth-order valence-corrected chi connectivity index (χ4v) is 2.94. The summed E-state index contributed by atoms with van der Waals surface area (Å²) in [6.45, 7) is 3.97. The van der Waals surface area contributed by atoms with Crippen LogP contribution in [0.2, 0.25) is 0 Å². The number of carbonyl (C=O) groups excluding carboxylic acids is 1. The molecular weight excluding hydrogens is 358 g/mol. The molecule has 0 bridgehead atoms. The minimum Gasteiger partial charge on any atom is -0.322 e. The van der Waals surface area contributed by atoms with Crippen LogP contribution < -0.4 is 10.9 Å². The van der Waals surface area contributed by atoms with Gasteiger partial charge in [0.15, 0.2) is 0 Å². The molecule has 0 unspecified atom stereocenters. The van der Waals surface area contributed by atoms with Crippen LogP contribution >= 0.6 is 0 Å². The van der Waals surface area contributed by atoms with E-state index in [1.54, 1.807) is 30.5 Å². The summed E-state index contributed by atoms with van der Waals surface area (Å²) in [5.41, 5.74) is 2.72. The van der Waals surface area contributed by atoms with E-state index in [4.69, 9.17) is 0 Å². The highest BCUT2D eigenvalue weighted by molar-refractivity contribution is 6.04. The molecule has 1 N–H and O–H groups in total. The minimum absolute atomic E-state index is 0.00732. The minimum atomic E-state index is -0.495. The molecule has 0 saturated heterocycles. The van der Waals surface area contributed by atoms with Gasteiger partial charge in [-0.25, -0.2) is 0 Å². The number of pyridine rings is 1. The standard InChI is InChI=1S/C21H19N3O4/c1-14-8-9-19(15(2)11-14)22-20(25)18-7-4-10-23(21(18)26)13-16-5-3-6-17(12-16)24(27)28/h3-12H,13H2,1-2H3,(H,22,25). The molecule has 0 fully saturated rings. The van der Waals surface area contributed by atoms with Crippen molar-refractivity contribution < 1.29 is 9.72 Å². The van der Waals surface area contributed by atoms with Gasteiger partial charge in [-0.15, -0.1) is 0 Å². The molecule has 0 saturated carbocycles. The van der Waals surface area contributed by atoms with E-state index in [1.807, 2.05) is 26.0 Å². The van der Waals surface area contributed by atoms with Crippen LogP contribution in [-0.4, -0.2) is 15.4 Å². The van der Waals surface area contributed by atoms with Gasteiger partial charge in [0, 0.05) is 24.0 Å². The quantitative estimate of drug-likeness (QED) is 0.542. The summed E-state index contributed by atoms with van der Waals surface area (Å²) in [7, 11) is 0. The van der Waals surface area contributed by atoms with Gasteiger partial charge in [0.2, 0.25) is 0 Å². The number of anilines is 1. The smallest absolute Gasteiger partial charge is 0.269 e. The Morgan fingerprint density at radius 3 is 2.61 bits per heavy atom. The molecule has 142 valence electrons. The van der Waals surface area contributed by atoms with Crippen LogP contribution in [0.1, 0.15) is 27.0 Å². The largest absolute Gasteiger partial charge is 0.322 e. The van der Waals surface area contributed by atoms with Crippen LogP contribution in [0.15, 0.2) is 65.6 Å². The van der Waals surface area contributed by atoms with Crippen molar-refractivity contribution in [3.8, 4) is 0 Å². The summed E-state index contributed by atoms with van der Waals surface area (Å²) < 4.78 is 1.36. The fraction of sp³-hybridized carbons (Fsp3) is 0.143. The number of non-ortho nitro benzene ring substituents is 1. The third kappa shape index (κ3) is 4.15. The normalized spacial score (nSPS) is 10.5. The molecule has 3 rings (SSSR count). The summed E-state index contributed by atoms with van der Waals surface area (Å²) in [5, 5.41) is 13.7. The molecule has 1 heterocycles. The number of nitro benzene ring substituents is 1. The van der Waals surface area contributed by atoms with Gasteiger partial charge in [0.25, 0.3) is 17.2 Å². The Labute approximate surface area is 161 Å². The van der Waals surface area contributed by atoms with E-state index in [9.17, 15) is 19.7 Å². The Morgan fingerprint density at radius 2 is 1.89 bits per heavy atom. The Hall–Kier alpha value is -3.74. The lowest BCUT2D eigenvalue weighted by molar-refractivity contribution is -0.384. The number of hydrogen-bond donors (Lipinski definition) is 1. The van der Waals surface area contributed by atoms with Crippen molar-refractivity contribution in [3.05, 3.63) is 104 Å². The molecule has 0 aliphatic heterocycles. The number of amides is 1. The highest BCUT2D eigenvalue weighted by atomic mass is 16.6. The van der Waals surface area contributed by atoms with Crippen molar-refractivity contribution in [3.63, 3.8) is 0 Å². The Balaban J connectivity index is 1.86. The van der Waals surface area contributed by atoms with Crippen molar-refractivity contribution in [1.82, 2.24) is 4.57 Å². The number of hydrogen-bond acceptors (Lipinski definition) is 4. The summed E-state index contributed by atoms with van der Waals surface area (Å²) in [6, 6.07) is 14.8. The number of aromatic nitrogens is 1. The van der Waals surface area contributed by atoms with Crippen LogP contribution in [0, 0.1) is 24.0 Å². The van der Waals surface area contributed by atoms with Gasteiger partial charge in [-0.05, 0) is 43.2 Å². The zero-order valence-electron chi connectivity index (χ0n) is 15.5. The molecule has 0 atom stereocenters. The first kappa shape index (κ1) is 19.0. The van der Waals surface area contributed by atoms with Gasteiger partial charge >= 0.3 is 0 Å². The molecule has 7 heteroatoms. The first-order valence-electron chi connectivity index (χ1n) is 8.66. The number of nitrogens with one attached hydrogen (secondary N) is 1. The van der Waals surface area contributed by atoms with Crippen LogP contribution in [0.3, 0.4) is 0 Å². The molecule has 2 aromatic carbocycles. The first-order valence-corrected chi connectivity index (χ1v) is 8.66. The lowest BCUT2D eigenvalue weighted by Gasteiger charge is -2.11. The zero-order valence-corrected chi connectivity index (χ0v) is 15.5. The number of rotatable bonds is 5. The van der Waals surface area contributed by atoms with E-state index in [2.05, 4.69) is 5.32 Å². The highest BCUT2D eigenvalue weighted by Gasteiger charge is 2.14.